The van der Waals surface area contributed by atoms with E-state index in [-0.39, 0.29) is 12.4 Å². The molecular weight excluding hydrogens is 273 g/mol. The van der Waals surface area contributed by atoms with Crippen LogP contribution in [0.4, 0.5) is 4.39 Å². The van der Waals surface area contributed by atoms with Crippen molar-refractivity contribution in [1.29, 1.82) is 0 Å². The summed E-state index contributed by atoms with van der Waals surface area (Å²) in [5.74, 6) is 0.144. The number of thiazole rings is 1. The Balaban J connectivity index is 2.28. The molecule has 1 heterocycles. The highest BCUT2D eigenvalue weighted by Gasteiger charge is 2.08. The molecule has 0 radical (unpaired) electrons. The minimum absolute atomic E-state index is 0.249. The van der Waals surface area contributed by atoms with Gasteiger partial charge in [-0.3, -0.25) is 0 Å². The highest BCUT2D eigenvalue weighted by atomic mass is 35.5. The molecule has 0 spiro atoms. The van der Waals surface area contributed by atoms with Crippen LogP contribution in [0.15, 0.2) is 23.6 Å². The first-order valence-electron chi connectivity index (χ1n) is 5.61. The Hall–Kier alpha value is -0.970. The molecule has 0 unspecified atom stereocenters. The Bertz CT molecular complexity index is 529. The number of aromatic nitrogens is 1. The number of ether oxygens (including phenoxy) is 1. The van der Waals surface area contributed by atoms with Gasteiger partial charge in [0.1, 0.15) is 10.8 Å². The lowest BCUT2D eigenvalue weighted by atomic mass is 10.1. The third-order valence-corrected chi connectivity index (χ3v) is 3.66. The minimum Gasteiger partial charge on any atom is -0.377 e. The maximum Gasteiger partial charge on any atom is 0.128 e. The number of hydrogen-bond donors (Lipinski definition) is 0. The zero-order valence-electron chi connectivity index (χ0n) is 9.95. The zero-order chi connectivity index (χ0) is 13.0. The minimum atomic E-state index is -0.249. The normalized spacial score (nSPS) is 10.8. The van der Waals surface area contributed by atoms with E-state index in [0.29, 0.717) is 18.1 Å². The van der Waals surface area contributed by atoms with Crippen molar-refractivity contribution in [2.75, 3.05) is 6.61 Å². The van der Waals surface area contributed by atoms with Gasteiger partial charge in [0.15, 0.2) is 0 Å². The first-order chi connectivity index (χ1) is 8.74. The molecule has 5 heteroatoms. The molecular formula is C13H13ClFNOS. The SMILES string of the molecule is CCOCc1cc(-c2nc(CCl)cs2)ccc1F. The van der Waals surface area contributed by atoms with Gasteiger partial charge in [-0.05, 0) is 25.1 Å². The molecule has 0 aliphatic heterocycles. The molecule has 0 fully saturated rings. The van der Waals surface area contributed by atoms with E-state index < -0.39 is 0 Å². The molecule has 0 aliphatic carbocycles. The zero-order valence-corrected chi connectivity index (χ0v) is 11.5. The van der Waals surface area contributed by atoms with Gasteiger partial charge in [0.25, 0.3) is 0 Å². The average Bonchev–Trinajstić information content (AvgIpc) is 2.86. The third kappa shape index (κ3) is 3.07. The summed E-state index contributed by atoms with van der Waals surface area (Å²) in [4.78, 5) is 4.37. The van der Waals surface area contributed by atoms with Crippen LogP contribution in [-0.2, 0) is 17.2 Å². The van der Waals surface area contributed by atoms with Crippen molar-refractivity contribution >= 4 is 22.9 Å². The Morgan fingerprint density at radius 3 is 2.94 bits per heavy atom. The van der Waals surface area contributed by atoms with Crippen LogP contribution < -0.4 is 0 Å². The largest absolute Gasteiger partial charge is 0.377 e. The first kappa shape index (κ1) is 13.5. The predicted molar refractivity (Wildman–Crippen MR) is 72.4 cm³/mol. The molecule has 0 saturated carbocycles. The number of alkyl halides is 1. The van der Waals surface area contributed by atoms with Crippen molar-refractivity contribution in [3.05, 3.63) is 40.7 Å². The summed E-state index contributed by atoms with van der Waals surface area (Å²) in [6, 6.07) is 4.95. The Morgan fingerprint density at radius 1 is 1.44 bits per heavy atom. The van der Waals surface area contributed by atoms with Gasteiger partial charge < -0.3 is 4.74 Å². The summed E-state index contributed by atoms with van der Waals surface area (Å²) in [6.45, 7) is 2.73. The molecule has 1 aromatic carbocycles. The summed E-state index contributed by atoms with van der Waals surface area (Å²) in [6.07, 6.45) is 0. The molecule has 0 N–H and O–H groups in total. The summed E-state index contributed by atoms with van der Waals surface area (Å²) < 4.78 is 18.8. The van der Waals surface area contributed by atoms with E-state index in [0.717, 1.165) is 16.3 Å². The van der Waals surface area contributed by atoms with E-state index in [1.807, 2.05) is 12.3 Å². The topological polar surface area (TPSA) is 22.1 Å². The monoisotopic (exact) mass is 285 g/mol. The van der Waals surface area contributed by atoms with Gasteiger partial charge in [0, 0.05) is 23.1 Å². The number of halogens is 2. The van der Waals surface area contributed by atoms with E-state index >= 15 is 0 Å². The van der Waals surface area contributed by atoms with Gasteiger partial charge in [-0.2, -0.15) is 0 Å². The van der Waals surface area contributed by atoms with Gasteiger partial charge in [-0.1, -0.05) is 0 Å². The lowest BCUT2D eigenvalue weighted by Gasteiger charge is -2.05. The van der Waals surface area contributed by atoms with E-state index in [1.165, 1.54) is 17.4 Å². The molecule has 0 bridgehead atoms. The van der Waals surface area contributed by atoms with Crippen LogP contribution in [0.1, 0.15) is 18.2 Å². The van der Waals surface area contributed by atoms with Crippen molar-refractivity contribution in [3.8, 4) is 10.6 Å². The fourth-order valence-corrected chi connectivity index (χ4v) is 2.58. The van der Waals surface area contributed by atoms with E-state index in [2.05, 4.69) is 4.98 Å². The lowest BCUT2D eigenvalue weighted by molar-refractivity contribution is 0.131. The van der Waals surface area contributed by atoms with Crippen LogP contribution in [0.5, 0.6) is 0 Å². The quantitative estimate of drug-likeness (QED) is 0.767. The highest BCUT2D eigenvalue weighted by Crippen LogP contribution is 2.26. The molecule has 0 amide bonds. The second kappa shape index (κ2) is 6.27. The molecule has 0 aliphatic rings. The van der Waals surface area contributed by atoms with Gasteiger partial charge >= 0.3 is 0 Å². The maximum atomic E-state index is 13.6. The average molecular weight is 286 g/mol. The first-order valence-corrected chi connectivity index (χ1v) is 7.03. The van der Waals surface area contributed by atoms with Crippen LogP contribution in [0.3, 0.4) is 0 Å². The molecule has 18 heavy (non-hydrogen) atoms. The number of rotatable bonds is 5. The maximum absolute atomic E-state index is 13.6. The fraction of sp³-hybridized carbons (Fsp3) is 0.308. The van der Waals surface area contributed by atoms with Crippen molar-refractivity contribution in [1.82, 2.24) is 4.98 Å². The van der Waals surface area contributed by atoms with E-state index in [9.17, 15) is 4.39 Å². The van der Waals surface area contributed by atoms with Crippen molar-refractivity contribution in [2.45, 2.75) is 19.4 Å². The summed E-state index contributed by atoms with van der Waals surface area (Å²) in [5, 5.41) is 2.76. The molecule has 0 saturated heterocycles. The molecule has 0 atom stereocenters. The van der Waals surface area contributed by atoms with Crippen molar-refractivity contribution in [2.24, 2.45) is 0 Å². The second-order valence-electron chi connectivity index (χ2n) is 3.72. The van der Waals surface area contributed by atoms with Gasteiger partial charge in [0.2, 0.25) is 0 Å². The number of hydrogen-bond acceptors (Lipinski definition) is 3. The van der Waals surface area contributed by atoms with Crippen LogP contribution in [-0.4, -0.2) is 11.6 Å². The van der Waals surface area contributed by atoms with E-state index in [1.54, 1.807) is 12.1 Å². The predicted octanol–water partition coefficient (Wildman–Crippen LogP) is 4.22. The van der Waals surface area contributed by atoms with Crippen molar-refractivity contribution in [3.63, 3.8) is 0 Å². The van der Waals surface area contributed by atoms with Gasteiger partial charge in [0.05, 0.1) is 18.2 Å². The van der Waals surface area contributed by atoms with Crippen LogP contribution in [0.25, 0.3) is 10.6 Å². The summed E-state index contributed by atoms with van der Waals surface area (Å²) in [7, 11) is 0. The van der Waals surface area contributed by atoms with Gasteiger partial charge in [-0.15, -0.1) is 22.9 Å². The molecule has 96 valence electrons. The molecule has 2 rings (SSSR count). The third-order valence-electron chi connectivity index (χ3n) is 2.44. The lowest BCUT2D eigenvalue weighted by Crippen LogP contribution is -1.96. The van der Waals surface area contributed by atoms with Crippen LogP contribution in [0, 0.1) is 5.82 Å². The number of benzene rings is 1. The van der Waals surface area contributed by atoms with Gasteiger partial charge in [-0.25, -0.2) is 9.37 Å². The standard InChI is InChI=1S/C13H13ClFNOS/c1-2-17-7-10-5-9(3-4-12(10)15)13-16-11(6-14)8-18-13/h3-5,8H,2,6-7H2,1H3. The second-order valence-corrected chi connectivity index (χ2v) is 4.85. The summed E-state index contributed by atoms with van der Waals surface area (Å²) in [5.41, 5.74) is 2.29. The molecule has 1 aromatic heterocycles. The summed E-state index contributed by atoms with van der Waals surface area (Å²) >= 11 is 7.22. The Kier molecular flexibility index (Phi) is 4.69. The van der Waals surface area contributed by atoms with E-state index in [4.69, 9.17) is 16.3 Å². The fourth-order valence-electron chi connectivity index (χ4n) is 1.53. The molecule has 2 aromatic rings. The van der Waals surface area contributed by atoms with Crippen LogP contribution >= 0.6 is 22.9 Å². The smallest absolute Gasteiger partial charge is 0.128 e. The highest BCUT2D eigenvalue weighted by molar-refractivity contribution is 7.13. The number of nitrogens with zero attached hydrogens (tertiary/aromatic N) is 1. The molecule has 2 nitrogen and oxygen atoms in total. The van der Waals surface area contributed by atoms with Crippen LogP contribution in [0.2, 0.25) is 0 Å². The Morgan fingerprint density at radius 2 is 2.28 bits per heavy atom. The van der Waals surface area contributed by atoms with Crippen molar-refractivity contribution < 1.29 is 9.13 Å². The Labute approximate surface area is 114 Å².